The van der Waals surface area contributed by atoms with Crippen LogP contribution in [0.15, 0.2) is 21.2 Å². The number of nitrogens with zero attached hydrogens (tertiary/aromatic N) is 4. The Labute approximate surface area is 124 Å². The quantitative estimate of drug-likeness (QED) is 0.866. The summed E-state index contributed by atoms with van der Waals surface area (Å²) in [5, 5.41) is 20.6. The van der Waals surface area contributed by atoms with Crippen LogP contribution in [0.1, 0.15) is 20.3 Å². The summed E-state index contributed by atoms with van der Waals surface area (Å²) < 4.78 is 7.43. The molecule has 0 radical (unpaired) electrons. The van der Waals surface area contributed by atoms with Crippen molar-refractivity contribution in [2.45, 2.75) is 26.8 Å². The van der Waals surface area contributed by atoms with Crippen LogP contribution in [0.5, 0.6) is 0 Å². The molecule has 20 heavy (non-hydrogen) atoms. The predicted molar refractivity (Wildman–Crippen MR) is 73.8 cm³/mol. The van der Waals surface area contributed by atoms with Gasteiger partial charge in [0.05, 0.1) is 12.5 Å². The molecular formula is C12H15BrN4O3. The number of furan rings is 1. The highest BCUT2D eigenvalue weighted by atomic mass is 79.9. The fraction of sp³-hybridized carbons (Fsp3) is 0.500. The Balaban J connectivity index is 2.21. The first-order chi connectivity index (χ1) is 9.47. The van der Waals surface area contributed by atoms with E-state index in [2.05, 4.69) is 31.5 Å². The molecule has 8 heteroatoms. The molecule has 1 atom stereocenters. The van der Waals surface area contributed by atoms with Crippen LogP contribution >= 0.6 is 15.9 Å². The molecule has 2 aromatic heterocycles. The number of halogens is 1. The fourth-order valence-electron chi connectivity index (χ4n) is 1.97. The van der Waals surface area contributed by atoms with Crippen molar-refractivity contribution in [3.63, 3.8) is 0 Å². The lowest BCUT2D eigenvalue weighted by Gasteiger charge is -2.14. The number of aliphatic carboxylic acids is 1. The summed E-state index contributed by atoms with van der Waals surface area (Å²) >= 11 is 3.21. The second-order valence-corrected chi connectivity index (χ2v) is 5.73. The minimum Gasteiger partial charge on any atom is -0.481 e. The molecule has 108 valence electrons. The van der Waals surface area contributed by atoms with E-state index in [1.54, 1.807) is 12.1 Å². The first kappa shape index (κ1) is 14.7. The molecule has 2 rings (SSSR count). The summed E-state index contributed by atoms with van der Waals surface area (Å²) in [4.78, 5) is 11.3. The molecule has 0 aromatic carbocycles. The molecule has 0 aliphatic heterocycles. The Kier molecular flexibility index (Phi) is 4.53. The zero-order valence-corrected chi connectivity index (χ0v) is 12.7. The number of aromatic nitrogens is 4. The first-order valence-electron chi connectivity index (χ1n) is 6.22. The van der Waals surface area contributed by atoms with E-state index in [1.165, 1.54) is 4.68 Å². The largest absolute Gasteiger partial charge is 0.481 e. The molecule has 0 saturated heterocycles. The lowest BCUT2D eigenvalue weighted by molar-refractivity contribution is -0.142. The zero-order valence-electron chi connectivity index (χ0n) is 11.2. The van der Waals surface area contributed by atoms with Gasteiger partial charge in [0, 0.05) is 0 Å². The second-order valence-electron chi connectivity index (χ2n) is 4.95. The number of tetrazole rings is 1. The van der Waals surface area contributed by atoms with Crippen molar-refractivity contribution in [1.82, 2.24) is 20.2 Å². The normalized spacial score (nSPS) is 12.8. The number of carboxylic acids is 1. The predicted octanol–water partition coefficient (Wildman–Crippen LogP) is 2.44. The number of hydrogen-bond donors (Lipinski definition) is 1. The highest BCUT2D eigenvalue weighted by Gasteiger charge is 2.23. The molecule has 0 spiro atoms. The Hall–Kier alpha value is -1.70. The SMILES string of the molecule is CC(C)CC(Cn1nnnc1-c1ccc(Br)o1)C(=O)O. The topological polar surface area (TPSA) is 94.0 Å². The molecule has 0 aliphatic carbocycles. The average Bonchev–Trinajstić information content (AvgIpc) is 2.96. The molecule has 7 nitrogen and oxygen atoms in total. The minimum absolute atomic E-state index is 0.216. The number of carbonyl (C=O) groups is 1. The Bertz CT molecular complexity index is 593. The van der Waals surface area contributed by atoms with E-state index in [4.69, 9.17) is 4.42 Å². The Morgan fingerprint density at radius 1 is 1.50 bits per heavy atom. The third-order valence-electron chi connectivity index (χ3n) is 2.82. The van der Waals surface area contributed by atoms with Crippen molar-refractivity contribution >= 4 is 21.9 Å². The molecule has 1 N–H and O–H groups in total. The van der Waals surface area contributed by atoms with Crippen molar-refractivity contribution < 1.29 is 14.3 Å². The van der Waals surface area contributed by atoms with Gasteiger partial charge in [-0.3, -0.25) is 4.79 Å². The second kappa shape index (κ2) is 6.17. The molecular weight excluding hydrogens is 328 g/mol. The van der Waals surface area contributed by atoms with Gasteiger partial charge < -0.3 is 9.52 Å². The first-order valence-corrected chi connectivity index (χ1v) is 7.01. The number of rotatable bonds is 6. The van der Waals surface area contributed by atoms with E-state index in [0.717, 1.165) is 0 Å². The van der Waals surface area contributed by atoms with Gasteiger partial charge in [-0.15, -0.1) is 5.10 Å². The minimum atomic E-state index is -0.847. The van der Waals surface area contributed by atoms with Crippen LogP contribution in [-0.2, 0) is 11.3 Å². The van der Waals surface area contributed by atoms with Gasteiger partial charge in [-0.1, -0.05) is 13.8 Å². The smallest absolute Gasteiger partial charge is 0.308 e. The Morgan fingerprint density at radius 2 is 2.25 bits per heavy atom. The summed E-state index contributed by atoms with van der Waals surface area (Å²) in [6, 6.07) is 3.46. The van der Waals surface area contributed by atoms with Gasteiger partial charge in [0.15, 0.2) is 10.4 Å². The molecule has 0 amide bonds. The molecule has 0 fully saturated rings. The van der Waals surface area contributed by atoms with Gasteiger partial charge in [0.25, 0.3) is 0 Å². The average molecular weight is 343 g/mol. The highest BCUT2D eigenvalue weighted by Crippen LogP contribution is 2.24. The lowest BCUT2D eigenvalue weighted by Crippen LogP contribution is -2.23. The van der Waals surface area contributed by atoms with Gasteiger partial charge in [-0.2, -0.15) is 0 Å². The summed E-state index contributed by atoms with van der Waals surface area (Å²) in [7, 11) is 0. The van der Waals surface area contributed by atoms with Crippen molar-refractivity contribution in [1.29, 1.82) is 0 Å². The maximum absolute atomic E-state index is 11.3. The Morgan fingerprint density at radius 3 is 2.80 bits per heavy atom. The monoisotopic (exact) mass is 342 g/mol. The van der Waals surface area contributed by atoms with Crippen LogP contribution in [0.25, 0.3) is 11.6 Å². The maximum atomic E-state index is 11.3. The number of hydrogen-bond acceptors (Lipinski definition) is 5. The summed E-state index contributed by atoms with van der Waals surface area (Å²) in [6.45, 7) is 4.19. The maximum Gasteiger partial charge on any atom is 0.308 e. The summed E-state index contributed by atoms with van der Waals surface area (Å²) in [5.41, 5.74) is 0. The number of carboxylic acid groups (broad SMARTS) is 1. The van der Waals surface area contributed by atoms with Gasteiger partial charge in [-0.05, 0) is 50.8 Å². The van der Waals surface area contributed by atoms with Gasteiger partial charge in [0.1, 0.15) is 0 Å². The third-order valence-corrected chi connectivity index (χ3v) is 3.25. The van der Waals surface area contributed by atoms with Gasteiger partial charge in [-0.25, -0.2) is 4.68 Å². The van der Waals surface area contributed by atoms with Gasteiger partial charge in [0.2, 0.25) is 5.82 Å². The van der Waals surface area contributed by atoms with Crippen LogP contribution in [-0.4, -0.2) is 31.3 Å². The van der Waals surface area contributed by atoms with E-state index in [1.807, 2.05) is 13.8 Å². The van der Waals surface area contributed by atoms with Crippen LogP contribution in [0.3, 0.4) is 0 Å². The zero-order chi connectivity index (χ0) is 14.7. The van der Waals surface area contributed by atoms with Crippen molar-refractivity contribution in [3.8, 4) is 11.6 Å². The summed E-state index contributed by atoms with van der Waals surface area (Å²) in [5.74, 6) is -0.175. The molecule has 2 aromatic rings. The molecule has 0 aliphatic rings. The lowest BCUT2D eigenvalue weighted by atomic mass is 9.97. The van der Waals surface area contributed by atoms with Crippen LogP contribution in [0.4, 0.5) is 0 Å². The van der Waals surface area contributed by atoms with E-state index < -0.39 is 11.9 Å². The van der Waals surface area contributed by atoms with Crippen molar-refractivity contribution in [2.24, 2.45) is 11.8 Å². The molecule has 0 saturated carbocycles. The van der Waals surface area contributed by atoms with E-state index in [0.29, 0.717) is 22.7 Å². The van der Waals surface area contributed by atoms with E-state index in [-0.39, 0.29) is 12.5 Å². The van der Waals surface area contributed by atoms with Crippen molar-refractivity contribution in [3.05, 3.63) is 16.8 Å². The molecule has 2 heterocycles. The van der Waals surface area contributed by atoms with Crippen LogP contribution in [0.2, 0.25) is 0 Å². The fourth-order valence-corrected chi connectivity index (χ4v) is 2.28. The van der Waals surface area contributed by atoms with Crippen molar-refractivity contribution in [2.75, 3.05) is 0 Å². The standard InChI is InChI=1S/C12H15BrN4O3/c1-7(2)5-8(12(18)19)6-17-11(14-15-16-17)9-3-4-10(13)20-9/h3-4,7-8H,5-6H2,1-2H3,(H,18,19). The van der Waals surface area contributed by atoms with Gasteiger partial charge >= 0.3 is 5.97 Å². The van der Waals surface area contributed by atoms with E-state index >= 15 is 0 Å². The summed E-state index contributed by atoms with van der Waals surface area (Å²) in [6.07, 6.45) is 0.566. The highest BCUT2D eigenvalue weighted by molar-refractivity contribution is 9.10. The van der Waals surface area contributed by atoms with Crippen LogP contribution in [0, 0.1) is 11.8 Å². The third kappa shape index (κ3) is 3.44. The van der Waals surface area contributed by atoms with Crippen LogP contribution < -0.4 is 0 Å². The molecule has 0 bridgehead atoms. The molecule has 1 unspecified atom stereocenters. The van der Waals surface area contributed by atoms with E-state index in [9.17, 15) is 9.90 Å².